The molecule has 326 valence electrons. The number of esters is 1. The number of ether oxygens (including phenoxy) is 2. The van der Waals surface area contributed by atoms with Crippen molar-refractivity contribution < 1.29 is 19.1 Å². The monoisotopic (exact) mass is 864 g/mol. The van der Waals surface area contributed by atoms with Gasteiger partial charge in [0.15, 0.2) is 0 Å². The number of hydrogen-bond acceptors (Lipinski definition) is 6. The van der Waals surface area contributed by atoms with Gasteiger partial charge in [0.05, 0.1) is 18.0 Å². The fourth-order valence-corrected chi connectivity index (χ4v) is 8.62. The number of nitrogens with zero attached hydrogens (tertiary/aromatic N) is 2. The zero-order chi connectivity index (χ0) is 45.2. The van der Waals surface area contributed by atoms with Gasteiger partial charge in [0, 0.05) is 53.5 Å². The highest BCUT2D eigenvalue weighted by Crippen LogP contribution is 2.42. The number of fused-ring (bicyclic) bond motifs is 2. The van der Waals surface area contributed by atoms with Crippen molar-refractivity contribution in [3.63, 3.8) is 0 Å². The zero-order valence-corrected chi connectivity index (χ0v) is 37.4. The van der Waals surface area contributed by atoms with E-state index >= 15 is 0 Å². The average molecular weight is 865 g/mol. The third-order valence-electron chi connectivity index (χ3n) is 12.1. The Labute approximate surface area is 387 Å². The molecule has 9 aromatic carbocycles. The van der Waals surface area contributed by atoms with Crippen LogP contribution in [0.4, 0.5) is 34.1 Å². The van der Waals surface area contributed by atoms with E-state index < -0.39 is 0 Å². The van der Waals surface area contributed by atoms with Crippen molar-refractivity contribution in [2.45, 2.75) is 32.6 Å². The Kier molecular flexibility index (Phi) is 13.4. The summed E-state index contributed by atoms with van der Waals surface area (Å²) in [5.74, 6) is -0.0196. The van der Waals surface area contributed by atoms with Gasteiger partial charge < -0.3 is 24.1 Å². The number of carbonyl (C=O) groups excluding carboxylic acids is 2. The molecule has 0 fully saturated rings. The molecule has 9 aromatic rings. The molecule has 6 nitrogen and oxygen atoms in total. The molecule has 6 heteroatoms. The summed E-state index contributed by atoms with van der Waals surface area (Å²) in [6.07, 6.45) is 2.20. The first kappa shape index (κ1) is 43.5. The second kappa shape index (κ2) is 20.4. The van der Waals surface area contributed by atoms with E-state index in [2.05, 4.69) is 216 Å². The van der Waals surface area contributed by atoms with Crippen LogP contribution in [0, 0.1) is 0 Å². The van der Waals surface area contributed by atoms with E-state index in [0.29, 0.717) is 25.9 Å². The minimum absolute atomic E-state index is 0.203. The minimum Gasteiger partial charge on any atom is -0.463 e. The van der Waals surface area contributed by atoms with Gasteiger partial charge in [0.1, 0.15) is 12.4 Å². The van der Waals surface area contributed by atoms with Crippen LogP contribution in [0.3, 0.4) is 0 Å². The van der Waals surface area contributed by atoms with E-state index in [0.717, 1.165) is 79.3 Å². The molecule has 0 aliphatic carbocycles. The number of hydrogen-bond donors (Lipinski definition) is 0. The fourth-order valence-electron chi connectivity index (χ4n) is 8.62. The lowest BCUT2D eigenvalue weighted by Crippen LogP contribution is -2.11. The predicted octanol–water partition coefficient (Wildman–Crippen LogP) is 14.9. The van der Waals surface area contributed by atoms with Crippen molar-refractivity contribution in [3.8, 4) is 22.3 Å². The van der Waals surface area contributed by atoms with Crippen molar-refractivity contribution in [2.24, 2.45) is 0 Å². The Morgan fingerprint density at radius 3 is 1.18 bits per heavy atom. The number of anilines is 6. The Bertz CT molecular complexity index is 3060. The third-order valence-corrected chi connectivity index (χ3v) is 12.1. The second-order valence-corrected chi connectivity index (χ2v) is 16.6. The first-order valence-electron chi connectivity index (χ1n) is 22.6. The smallest absolute Gasteiger partial charge is 0.306 e. The van der Waals surface area contributed by atoms with Gasteiger partial charge in [-0.1, -0.05) is 146 Å². The molecule has 0 radical (unpaired) electrons. The summed E-state index contributed by atoms with van der Waals surface area (Å²) < 4.78 is 10.3. The first-order valence-corrected chi connectivity index (χ1v) is 22.6. The van der Waals surface area contributed by atoms with E-state index in [1.54, 1.807) is 14.0 Å². The summed E-state index contributed by atoms with van der Waals surface area (Å²) in [6.45, 7) is 2.31. The number of rotatable bonds is 17. The fraction of sp³-hybridized carbons (Fsp3) is 0.133. The van der Waals surface area contributed by atoms with Crippen molar-refractivity contribution in [1.82, 2.24) is 0 Å². The van der Waals surface area contributed by atoms with Crippen LogP contribution >= 0.6 is 0 Å². The maximum Gasteiger partial charge on any atom is 0.306 e. The van der Waals surface area contributed by atoms with Crippen molar-refractivity contribution in [3.05, 3.63) is 217 Å². The molecule has 0 aliphatic rings. The van der Waals surface area contributed by atoms with Crippen LogP contribution in [0.1, 0.15) is 30.9 Å². The van der Waals surface area contributed by atoms with E-state index in [4.69, 9.17) is 9.47 Å². The Morgan fingerprint density at radius 2 is 0.773 bits per heavy atom. The van der Waals surface area contributed by atoms with Crippen LogP contribution in [-0.4, -0.2) is 32.1 Å². The van der Waals surface area contributed by atoms with Gasteiger partial charge >= 0.3 is 5.97 Å². The van der Waals surface area contributed by atoms with Crippen LogP contribution < -0.4 is 9.80 Å². The number of Topliss-reactive ketones (excluding diaryl/α,β-unsaturated/α-hetero) is 1. The zero-order valence-electron chi connectivity index (χ0n) is 37.4. The number of aryl methyl sites for hydroxylation is 2. The van der Waals surface area contributed by atoms with Gasteiger partial charge in [0.25, 0.3) is 0 Å². The van der Waals surface area contributed by atoms with E-state index in [9.17, 15) is 9.59 Å². The van der Waals surface area contributed by atoms with Crippen LogP contribution in [-0.2, 0) is 31.9 Å². The van der Waals surface area contributed by atoms with E-state index in [1.165, 1.54) is 16.2 Å². The predicted molar refractivity (Wildman–Crippen MR) is 272 cm³/mol. The molecule has 0 saturated heterocycles. The Morgan fingerprint density at radius 1 is 0.409 bits per heavy atom. The van der Waals surface area contributed by atoms with Gasteiger partial charge in [-0.15, -0.1) is 0 Å². The molecular weight excluding hydrogens is 813 g/mol. The van der Waals surface area contributed by atoms with Gasteiger partial charge in [0.2, 0.25) is 0 Å². The van der Waals surface area contributed by atoms with E-state index in [-0.39, 0.29) is 18.4 Å². The number of ketones is 1. The summed E-state index contributed by atoms with van der Waals surface area (Å²) in [7, 11) is 1.59. The Balaban J connectivity index is 0.959. The lowest BCUT2D eigenvalue weighted by atomic mass is 9.99. The van der Waals surface area contributed by atoms with Gasteiger partial charge in [-0.25, -0.2) is 0 Å². The topological polar surface area (TPSA) is 59.1 Å². The first-order chi connectivity index (χ1) is 32.4. The summed E-state index contributed by atoms with van der Waals surface area (Å²) >= 11 is 0. The molecule has 66 heavy (non-hydrogen) atoms. The largest absolute Gasteiger partial charge is 0.463 e. The highest BCUT2D eigenvalue weighted by Gasteiger charge is 2.18. The lowest BCUT2D eigenvalue weighted by Gasteiger charge is -2.27. The van der Waals surface area contributed by atoms with Gasteiger partial charge in [-0.3, -0.25) is 4.79 Å². The maximum atomic E-state index is 12.3. The SMILES string of the molecule is COCCOC(=O)CCc1ccc(N(c2ccc(-c3ccc(-c4ccc(N(c5ccc(CCC(C)=O)cc5)c5cccc6ccccc56)cc4)cc3)cc2)c2cccc3ccccc23)cc1. The highest BCUT2D eigenvalue weighted by molar-refractivity contribution is 6.00. The molecule has 0 amide bonds. The van der Waals surface area contributed by atoms with E-state index in [1.807, 2.05) is 0 Å². The second-order valence-electron chi connectivity index (χ2n) is 16.6. The molecule has 0 saturated carbocycles. The standard InChI is InChI=1S/C60H52N2O4/c1-43(63)17-18-44-19-32-52(33-20-44)61(58-15-7-11-50-9-3-5-13-56(50)58)54-36-28-48(29-37-54)46-24-26-47(27-25-46)49-30-38-55(39-31-49)62(59-16-8-12-51-10-4-6-14-57(51)59)53-34-21-45(22-35-53)23-40-60(64)66-42-41-65-2/h3-16,19-22,24-39H,17-18,23,40-42H2,1-2H3. The number of benzene rings is 9. The highest BCUT2D eigenvalue weighted by atomic mass is 16.6. The normalized spacial score (nSPS) is 11.1. The summed E-state index contributed by atoms with van der Waals surface area (Å²) in [5.41, 5.74) is 13.2. The summed E-state index contributed by atoms with van der Waals surface area (Å²) in [4.78, 5) is 28.6. The van der Waals surface area contributed by atoms with Crippen molar-refractivity contribution in [1.29, 1.82) is 0 Å². The van der Waals surface area contributed by atoms with Crippen molar-refractivity contribution >= 4 is 67.4 Å². The van der Waals surface area contributed by atoms with Crippen molar-refractivity contribution in [2.75, 3.05) is 30.1 Å². The third kappa shape index (κ3) is 9.95. The Hall–Kier alpha value is -7.80. The lowest BCUT2D eigenvalue weighted by molar-refractivity contribution is -0.144. The molecule has 0 aromatic heterocycles. The molecule has 0 spiro atoms. The average Bonchev–Trinajstić information content (AvgIpc) is 3.37. The quantitative estimate of drug-likeness (QED) is 0.0671. The minimum atomic E-state index is -0.222. The van der Waals surface area contributed by atoms with Crippen LogP contribution in [0.25, 0.3) is 43.8 Å². The van der Waals surface area contributed by atoms with Crippen LogP contribution in [0.2, 0.25) is 0 Å². The summed E-state index contributed by atoms with van der Waals surface area (Å²) in [6, 6.07) is 73.2. The molecule has 0 bridgehead atoms. The molecule has 0 atom stereocenters. The molecular formula is C60H52N2O4. The van der Waals surface area contributed by atoms with Gasteiger partial charge in [-0.2, -0.15) is 0 Å². The maximum absolute atomic E-state index is 12.3. The van der Waals surface area contributed by atoms with Gasteiger partial charge in [-0.05, 0) is 125 Å². The van der Waals surface area contributed by atoms with Crippen LogP contribution in [0.5, 0.6) is 0 Å². The molecule has 9 rings (SSSR count). The summed E-state index contributed by atoms with van der Waals surface area (Å²) in [5, 5.41) is 4.69. The number of methoxy groups -OCH3 is 1. The molecule has 0 aliphatic heterocycles. The number of carbonyl (C=O) groups is 2. The molecule has 0 heterocycles. The molecule has 0 N–H and O–H groups in total. The van der Waals surface area contributed by atoms with Crippen LogP contribution in [0.15, 0.2) is 206 Å². The molecule has 0 unspecified atom stereocenters.